The van der Waals surface area contributed by atoms with Crippen LogP contribution in [0.25, 0.3) is 0 Å². The maximum absolute atomic E-state index is 11.5. The van der Waals surface area contributed by atoms with Crippen molar-refractivity contribution in [1.82, 2.24) is 0 Å². The minimum atomic E-state index is -1.20. The van der Waals surface area contributed by atoms with E-state index in [0.29, 0.717) is 5.75 Å². The van der Waals surface area contributed by atoms with Crippen molar-refractivity contribution < 1.29 is 29.3 Å². The van der Waals surface area contributed by atoms with Crippen LogP contribution in [0.2, 0.25) is 0 Å². The first-order valence-corrected chi connectivity index (χ1v) is 5.37. The Bertz CT molecular complexity index is 511. The number of anilines is 1. The lowest BCUT2D eigenvalue weighted by molar-refractivity contribution is -0.138. The molecule has 19 heavy (non-hydrogen) atoms. The third kappa shape index (κ3) is 4.30. The fraction of sp³-hybridized carbons (Fsp3) is 0.250. The predicted molar refractivity (Wildman–Crippen MR) is 65.5 cm³/mol. The van der Waals surface area contributed by atoms with E-state index >= 15 is 0 Å². The molecule has 1 rings (SSSR count). The molecule has 0 fully saturated rings. The van der Waals surface area contributed by atoms with Gasteiger partial charge in [-0.3, -0.25) is 9.59 Å². The lowest BCUT2D eigenvalue weighted by atomic mass is 10.1. The molecule has 1 aromatic rings. The quantitative estimate of drug-likeness (QED) is 0.713. The van der Waals surface area contributed by atoms with Gasteiger partial charge in [0.25, 0.3) is 0 Å². The van der Waals surface area contributed by atoms with Crippen molar-refractivity contribution in [3.63, 3.8) is 0 Å². The third-order valence-corrected chi connectivity index (χ3v) is 2.30. The zero-order valence-electron chi connectivity index (χ0n) is 10.2. The molecule has 1 amide bonds. The number of rotatable bonds is 6. The molecule has 0 aliphatic rings. The van der Waals surface area contributed by atoms with Gasteiger partial charge in [-0.15, -0.1) is 0 Å². The number of amides is 1. The van der Waals surface area contributed by atoms with Crippen LogP contribution in [0.4, 0.5) is 5.69 Å². The highest BCUT2D eigenvalue weighted by Crippen LogP contribution is 2.22. The monoisotopic (exact) mass is 267 g/mol. The minimum absolute atomic E-state index is 0.0715. The molecule has 7 heteroatoms. The Labute approximate surface area is 108 Å². The largest absolute Gasteiger partial charge is 0.497 e. The molecule has 0 aromatic heterocycles. The van der Waals surface area contributed by atoms with Gasteiger partial charge in [-0.05, 0) is 12.1 Å². The summed E-state index contributed by atoms with van der Waals surface area (Å²) in [6, 6.07) is 4.12. The van der Waals surface area contributed by atoms with Gasteiger partial charge in [-0.25, -0.2) is 4.79 Å². The number of methoxy groups -OCH3 is 1. The lowest BCUT2D eigenvalue weighted by Crippen LogP contribution is -2.15. The van der Waals surface area contributed by atoms with Crippen LogP contribution in [-0.4, -0.2) is 35.2 Å². The molecule has 102 valence electrons. The zero-order valence-corrected chi connectivity index (χ0v) is 10.2. The summed E-state index contributed by atoms with van der Waals surface area (Å²) in [5.74, 6) is -2.48. The molecular formula is C12H13NO6. The number of hydrogen-bond acceptors (Lipinski definition) is 4. The van der Waals surface area contributed by atoms with Crippen LogP contribution in [0.5, 0.6) is 5.75 Å². The topological polar surface area (TPSA) is 113 Å². The number of carboxylic acid groups (broad SMARTS) is 2. The molecule has 0 unspecified atom stereocenters. The van der Waals surface area contributed by atoms with Gasteiger partial charge in [-0.2, -0.15) is 0 Å². The molecule has 3 N–H and O–H groups in total. The summed E-state index contributed by atoms with van der Waals surface area (Å²) in [4.78, 5) is 32.8. The molecule has 0 radical (unpaired) electrons. The summed E-state index contributed by atoms with van der Waals surface area (Å²) >= 11 is 0. The van der Waals surface area contributed by atoms with E-state index in [1.165, 1.54) is 25.3 Å². The number of aliphatic carboxylic acids is 1. The van der Waals surface area contributed by atoms with Gasteiger partial charge in [0.1, 0.15) is 5.75 Å². The second-order valence-corrected chi connectivity index (χ2v) is 3.66. The first-order chi connectivity index (χ1) is 8.93. The Hall–Kier alpha value is -2.57. The van der Waals surface area contributed by atoms with Crippen LogP contribution >= 0.6 is 0 Å². The highest BCUT2D eigenvalue weighted by Gasteiger charge is 2.14. The number of aromatic carboxylic acids is 1. The number of carbonyl (C=O) groups excluding carboxylic acids is 1. The van der Waals surface area contributed by atoms with E-state index in [-0.39, 0.29) is 24.1 Å². The molecule has 1 aromatic carbocycles. The van der Waals surface area contributed by atoms with E-state index in [2.05, 4.69) is 5.32 Å². The van der Waals surface area contributed by atoms with Crippen LogP contribution in [0, 0.1) is 0 Å². The van der Waals surface area contributed by atoms with Gasteiger partial charge < -0.3 is 20.3 Å². The molecule has 7 nitrogen and oxygen atoms in total. The van der Waals surface area contributed by atoms with Gasteiger partial charge >= 0.3 is 11.9 Å². The Balaban J connectivity index is 2.88. The first kappa shape index (κ1) is 14.5. The van der Waals surface area contributed by atoms with E-state index in [1.807, 2.05) is 0 Å². The third-order valence-electron chi connectivity index (χ3n) is 2.30. The van der Waals surface area contributed by atoms with Crippen LogP contribution in [0.3, 0.4) is 0 Å². The molecule has 0 atom stereocenters. The number of carbonyl (C=O) groups is 3. The average Bonchev–Trinajstić information content (AvgIpc) is 2.35. The summed E-state index contributed by atoms with van der Waals surface area (Å²) in [5, 5.41) is 19.8. The highest BCUT2D eigenvalue weighted by molar-refractivity contribution is 6.01. The summed E-state index contributed by atoms with van der Waals surface area (Å²) in [6.07, 6.45) is -0.552. The molecule has 0 saturated carbocycles. The summed E-state index contributed by atoms with van der Waals surface area (Å²) in [6.45, 7) is 0. The van der Waals surface area contributed by atoms with Gasteiger partial charge in [0.15, 0.2) is 0 Å². The fourth-order valence-electron chi connectivity index (χ4n) is 1.37. The Morgan fingerprint density at radius 2 is 1.89 bits per heavy atom. The molecule has 0 aliphatic heterocycles. The van der Waals surface area contributed by atoms with Gasteiger partial charge in [-0.1, -0.05) is 0 Å². The molecule has 0 saturated heterocycles. The van der Waals surface area contributed by atoms with Crippen molar-refractivity contribution in [3.8, 4) is 5.75 Å². The average molecular weight is 267 g/mol. The van der Waals surface area contributed by atoms with Crippen molar-refractivity contribution in [2.75, 3.05) is 12.4 Å². The summed E-state index contributed by atoms with van der Waals surface area (Å²) in [7, 11) is 1.41. The van der Waals surface area contributed by atoms with Crippen molar-refractivity contribution in [3.05, 3.63) is 23.8 Å². The molecular weight excluding hydrogens is 254 g/mol. The minimum Gasteiger partial charge on any atom is -0.497 e. The SMILES string of the molecule is COc1ccc(C(=O)O)c(NC(=O)CCC(=O)O)c1. The number of ether oxygens (including phenoxy) is 1. The number of carboxylic acids is 2. The Morgan fingerprint density at radius 3 is 2.42 bits per heavy atom. The van der Waals surface area contributed by atoms with Crippen LogP contribution in [-0.2, 0) is 9.59 Å². The van der Waals surface area contributed by atoms with E-state index < -0.39 is 17.8 Å². The van der Waals surface area contributed by atoms with Crippen molar-refractivity contribution in [2.45, 2.75) is 12.8 Å². The van der Waals surface area contributed by atoms with E-state index in [0.717, 1.165) is 0 Å². The summed E-state index contributed by atoms with van der Waals surface area (Å²) in [5.41, 5.74) is -0.0216. The second-order valence-electron chi connectivity index (χ2n) is 3.66. The standard InChI is InChI=1S/C12H13NO6/c1-19-7-2-3-8(12(17)18)9(6-7)13-10(14)4-5-11(15)16/h2-3,6H,4-5H2,1H3,(H,13,14)(H,15,16)(H,17,18). The smallest absolute Gasteiger partial charge is 0.337 e. The van der Waals surface area contributed by atoms with Gasteiger partial charge in [0.2, 0.25) is 5.91 Å². The van der Waals surface area contributed by atoms with Crippen LogP contribution < -0.4 is 10.1 Å². The fourth-order valence-corrected chi connectivity index (χ4v) is 1.37. The molecule has 0 spiro atoms. The lowest BCUT2D eigenvalue weighted by Gasteiger charge is -2.09. The maximum atomic E-state index is 11.5. The number of hydrogen-bond donors (Lipinski definition) is 3. The van der Waals surface area contributed by atoms with E-state index in [9.17, 15) is 14.4 Å². The maximum Gasteiger partial charge on any atom is 0.337 e. The second kappa shape index (κ2) is 6.39. The molecule has 0 heterocycles. The predicted octanol–water partition coefficient (Wildman–Crippen LogP) is 1.20. The number of nitrogens with one attached hydrogen (secondary N) is 1. The van der Waals surface area contributed by atoms with E-state index in [1.54, 1.807) is 0 Å². The summed E-state index contributed by atoms with van der Waals surface area (Å²) < 4.78 is 4.93. The Morgan fingerprint density at radius 1 is 1.21 bits per heavy atom. The van der Waals surface area contributed by atoms with Gasteiger partial charge in [0, 0.05) is 12.5 Å². The van der Waals surface area contributed by atoms with Crippen molar-refractivity contribution in [2.24, 2.45) is 0 Å². The van der Waals surface area contributed by atoms with Crippen LogP contribution in [0.15, 0.2) is 18.2 Å². The molecule has 0 aliphatic carbocycles. The van der Waals surface area contributed by atoms with Crippen molar-refractivity contribution >= 4 is 23.5 Å². The molecule has 0 bridgehead atoms. The zero-order chi connectivity index (χ0) is 14.4. The van der Waals surface area contributed by atoms with Gasteiger partial charge in [0.05, 0.1) is 24.8 Å². The Kier molecular flexibility index (Phi) is 4.87. The van der Waals surface area contributed by atoms with Crippen LogP contribution in [0.1, 0.15) is 23.2 Å². The van der Waals surface area contributed by atoms with E-state index in [4.69, 9.17) is 14.9 Å². The highest BCUT2D eigenvalue weighted by atomic mass is 16.5. The normalized spacial score (nSPS) is 9.74. The first-order valence-electron chi connectivity index (χ1n) is 5.37. The number of benzene rings is 1. The van der Waals surface area contributed by atoms with Crippen molar-refractivity contribution in [1.29, 1.82) is 0 Å².